The van der Waals surface area contributed by atoms with Gasteiger partial charge >= 0.3 is 0 Å². The van der Waals surface area contributed by atoms with Crippen molar-refractivity contribution >= 4 is 5.91 Å². The lowest BCUT2D eigenvalue weighted by atomic mass is 10.1. The average molecular weight is 336 g/mol. The van der Waals surface area contributed by atoms with Crippen molar-refractivity contribution in [3.8, 4) is 16.9 Å². The van der Waals surface area contributed by atoms with Crippen molar-refractivity contribution in [1.29, 1.82) is 0 Å². The van der Waals surface area contributed by atoms with Crippen LogP contribution >= 0.6 is 0 Å². The minimum Gasteiger partial charge on any atom is -0.481 e. The van der Waals surface area contributed by atoms with Crippen LogP contribution in [0.15, 0.2) is 67.3 Å². The molecule has 1 N–H and O–H groups in total. The summed E-state index contributed by atoms with van der Waals surface area (Å²) in [5.41, 5.74) is 2.09. The van der Waals surface area contributed by atoms with Crippen LogP contribution in [0.5, 0.6) is 5.75 Å². The first-order chi connectivity index (χ1) is 12.2. The molecule has 1 atom stereocenters. The minimum atomic E-state index is -0.549. The van der Waals surface area contributed by atoms with E-state index in [1.165, 1.54) is 0 Å². The van der Waals surface area contributed by atoms with Crippen molar-refractivity contribution in [2.24, 2.45) is 0 Å². The van der Waals surface area contributed by atoms with Crippen molar-refractivity contribution < 1.29 is 9.53 Å². The van der Waals surface area contributed by atoms with Gasteiger partial charge in [0.15, 0.2) is 6.10 Å². The van der Waals surface area contributed by atoms with Gasteiger partial charge in [-0.2, -0.15) is 5.10 Å². The summed E-state index contributed by atoms with van der Waals surface area (Å²) in [6.07, 6.45) is 6.71. The molecule has 0 radical (unpaired) electrons. The summed E-state index contributed by atoms with van der Waals surface area (Å²) in [5.74, 6) is 0.532. The number of nitrogens with zero attached hydrogens (tertiary/aromatic N) is 3. The maximum Gasteiger partial charge on any atom is 0.260 e. The van der Waals surface area contributed by atoms with E-state index in [2.05, 4.69) is 15.4 Å². The summed E-state index contributed by atoms with van der Waals surface area (Å²) < 4.78 is 7.40. The molecule has 6 heteroatoms. The second kappa shape index (κ2) is 8.10. The Labute approximate surface area is 146 Å². The smallest absolute Gasteiger partial charge is 0.260 e. The van der Waals surface area contributed by atoms with Crippen LogP contribution in [0.25, 0.3) is 11.1 Å². The highest BCUT2D eigenvalue weighted by Crippen LogP contribution is 2.16. The third-order valence-corrected chi connectivity index (χ3v) is 3.71. The lowest BCUT2D eigenvalue weighted by Crippen LogP contribution is -2.37. The van der Waals surface area contributed by atoms with Gasteiger partial charge in [0, 0.05) is 30.7 Å². The third-order valence-electron chi connectivity index (χ3n) is 3.71. The van der Waals surface area contributed by atoms with Gasteiger partial charge in [0.25, 0.3) is 5.91 Å². The van der Waals surface area contributed by atoms with E-state index in [-0.39, 0.29) is 5.91 Å². The first-order valence-electron chi connectivity index (χ1n) is 8.14. The van der Waals surface area contributed by atoms with E-state index < -0.39 is 6.10 Å². The Balaban J connectivity index is 1.46. The number of amides is 1. The lowest BCUT2D eigenvalue weighted by Gasteiger charge is -2.14. The highest BCUT2D eigenvalue weighted by atomic mass is 16.5. The largest absolute Gasteiger partial charge is 0.481 e. The fraction of sp³-hybridized carbons (Fsp3) is 0.211. The topological polar surface area (TPSA) is 69.0 Å². The standard InChI is InChI=1S/C19H20N4O2/c1-15(25-18-5-3-2-4-6-18)19(24)21-11-12-23-14-17(13-22-23)16-7-9-20-10-8-16/h2-10,13-15H,11-12H2,1H3,(H,21,24)/t15-/m0/s1. The van der Waals surface area contributed by atoms with Crippen molar-refractivity contribution in [1.82, 2.24) is 20.1 Å². The van der Waals surface area contributed by atoms with E-state index in [1.807, 2.05) is 48.7 Å². The van der Waals surface area contributed by atoms with Gasteiger partial charge in [-0.25, -0.2) is 0 Å². The first kappa shape index (κ1) is 16.7. The maximum atomic E-state index is 12.1. The van der Waals surface area contributed by atoms with Gasteiger partial charge in [-0.15, -0.1) is 0 Å². The van der Waals surface area contributed by atoms with E-state index >= 15 is 0 Å². The fourth-order valence-electron chi connectivity index (χ4n) is 2.37. The predicted octanol–water partition coefficient (Wildman–Crippen LogP) is 2.53. The monoisotopic (exact) mass is 336 g/mol. The van der Waals surface area contributed by atoms with Gasteiger partial charge in [-0.05, 0) is 36.8 Å². The molecular formula is C19H20N4O2. The first-order valence-corrected chi connectivity index (χ1v) is 8.14. The molecule has 6 nitrogen and oxygen atoms in total. The number of nitrogens with one attached hydrogen (secondary N) is 1. The number of carbonyl (C=O) groups is 1. The molecule has 1 aromatic carbocycles. The Kier molecular flexibility index (Phi) is 5.41. The van der Waals surface area contributed by atoms with Crippen LogP contribution in [-0.2, 0) is 11.3 Å². The predicted molar refractivity (Wildman–Crippen MR) is 95.0 cm³/mol. The number of pyridine rings is 1. The molecule has 2 aromatic heterocycles. The number of para-hydroxylation sites is 1. The van der Waals surface area contributed by atoms with E-state index in [9.17, 15) is 4.79 Å². The zero-order valence-electron chi connectivity index (χ0n) is 14.0. The van der Waals surface area contributed by atoms with Crippen LogP contribution in [-0.4, -0.2) is 33.3 Å². The zero-order chi connectivity index (χ0) is 17.5. The highest BCUT2D eigenvalue weighted by Gasteiger charge is 2.13. The van der Waals surface area contributed by atoms with Gasteiger partial charge in [0.05, 0.1) is 12.7 Å². The van der Waals surface area contributed by atoms with E-state index in [4.69, 9.17) is 4.74 Å². The molecule has 0 aliphatic heterocycles. The van der Waals surface area contributed by atoms with Crippen LogP contribution in [0.1, 0.15) is 6.92 Å². The molecule has 3 rings (SSSR count). The van der Waals surface area contributed by atoms with Crippen molar-refractivity contribution in [3.63, 3.8) is 0 Å². The molecule has 0 spiro atoms. The number of aromatic nitrogens is 3. The van der Waals surface area contributed by atoms with Gasteiger partial charge in [-0.1, -0.05) is 18.2 Å². The third kappa shape index (κ3) is 4.67. The second-order valence-electron chi connectivity index (χ2n) is 5.59. The molecule has 0 unspecified atom stereocenters. The Hall–Kier alpha value is -3.15. The molecule has 0 saturated carbocycles. The Morgan fingerprint density at radius 1 is 1.16 bits per heavy atom. The SMILES string of the molecule is C[C@H](Oc1ccccc1)C(=O)NCCn1cc(-c2ccncc2)cn1. The van der Waals surface area contributed by atoms with Crippen LogP contribution in [0.4, 0.5) is 0 Å². The second-order valence-corrected chi connectivity index (χ2v) is 5.59. The molecule has 3 aromatic rings. The summed E-state index contributed by atoms with van der Waals surface area (Å²) in [6, 6.07) is 13.2. The summed E-state index contributed by atoms with van der Waals surface area (Å²) >= 11 is 0. The van der Waals surface area contributed by atoms with Crippen LogP contribution in [0.3, 0.4) is 0 Å². The average Bonchev–Trinajstić information content (AvgIpc) is 3.12. The Morgan fingerprint density at radius 3 is 2.68 bits per heavy atom. The summed E-state index contributed by atoms with van der Waals surface area (Å²) in [4.78, 5) is 16.1. The normalized spacial score (nSPS) is 11.7. The number of hydrogen-bond donors (Lipinski definition) is 1. The van der Waals surface area contributed by atoms with Crippen molar-refractivity contribution in [2.75, 3.05) is 6.54 Å². The molecule has 0 fully saturated rings. The lowest BCUT2D eigenvalue weighted by molar-refractivity contribution is -0.127. The molecule has 0 aliphatic carbocycles. The molecule has 2 heterocycles. The summed E-state index contributed by atoms with van der Waals surface area (Å²) in [7, 11) is 0. The molecular weight excluding hydrogens is 316 g/mol. The quantitative estimate of drug-likeness (QED) is 0.720. The molecule has 25 heavy (non-hydrogen) atoms. The minimum absolute atomic E-state index is 0.148. The summed E-state index contributed by atoms with van der Waals surface area (Å²) in [5, 5.41) is 7.18. The van der Waals surface area contributed by atoms with Gasteiger partial charge in [0.2, 0.25) is 0 Å². The van der Waals surface area contributed by atoms with Crippen LogP contribution < -0.4 is 10.1 Å². The van der Waals surface area contributed by atoms with Crippen molar-refractivity contribution in [3.05, 3.63) is 67.3 Å². The molecule has 0 bridgehead atoms. The summed E-state index contributed by atoms with van der Waals surface area (Å²) in [6.45, 7) is 2.81. The molecule has 0 aliphatic rings. The van der Waals surface area contributed by atoms with E-state index in [0.29, 0.717) is 18.8 Å². The number of hydrogen-bond acceptors (Lipinski definition) is 4. The number of ether oxygens (including phenoxy) is 1. The Morgan fingerprint density at radius 2 is 1.92 bits per heavy atom. The van der Waals surface area contributed by atoms with Crippen LogP contribution in [0, 0.1) is 0 Å². The number of rotatable bonds is 7. The molecule has 128 valence electrons. The highest BCUT2D eigenvalue weighted by molar-refractivity contribution is 5.80. The van der Waals surface area contributed by atoms with Gasteiger partial charge in [0.1, 0.15) is 5.75 Å². The van der Waals surface area contributed by atoms with E-state index in [0.717, 1.165) is 11.1 Å². The molecule has 0 saturated heterocycles. The van der Waals surface area contributed by atoms with Crippen LogP contribution in [0.2, 0.25) is 0 Å². The van der Waals surface area contributed by atoms with Gasteiger partial charge in [-0.3, -0.25) is 14.5 Å². The number of benzene rings is 1. The zero-order valence-corrected chi connectivity index (χ0v) is 14.0. The maximum absolute atomic E-state index is 12.1. The van der Waals surface area contributed by atoms with E-state index in [1.54, 1.807) is 30.2 Å². The molecule has 1 amide bonds. The number of carbonyl (C=O) groups excluding carboxylic acids is 1. The van der Waals surface area contributed by atoms with Crippen molar-refractivity contribution in [2.45, 2.75) is 19.6 Å². The van der Waals surface area contributed by atoms with Gasteiger partial charge < -0.3 is 10.1 Å². The fourth-order valence-corrected chi connectivity index (χ4v) is 2.37. The Bertz CT molecular complexity index is 803.